The van der Waals surface area contributed by atoms with E-state index in [1.54, 1.807) is 18.2 Å². The Morgan fingerprint density at radius 1 is 1.30 bits per heavy atom. The molecule has 1 aromatic carbocycles. The second-order valence-electron chi connectivity index (χ2n) is 4.42. The molecule has 0 radical (unpaired) electrons. The second-order valence-corrected chi connectivity index (χ2v) is 4.42. The van der Waals surface area contributed by atoms with Gasteiger partial charge >= 0.3 is 0 Å². The molecule has 0 aliphatic rings. The lowest BCUT2D eigenvalue weighted by Gasteiger charge is -2.14. The van der Waals surface area contributed by atoms with Crippen LogP contribution in [0.1, 0.15) is 25.2 Å². The summed E-state index contributed by atoms with van der Waals surface area (Å²) >= 11 is 0. The molecule has 2 N–H and O–H groups in total. The van der Waals surface area contributed by atoms with E-state index in [0.29, 0.717) is 17.1 Å². The fourth-order valence-electron chi connectivity index (χ4n) is 1.76. The van der Waals surface area contributed by atoms with E-state index in [9.17, 15) is 0 Å². The summed E-state index contributed by atoms with van der Waals surface area (Å²) in [6.45, 7) is 3.80. The van der Waals surface area contributed by atoms with Crippen molar-refractivity contribution < 1.29 is 4.74 Å². The highest BCUT2D eigenvalue weighted by atomic mass is 16.5. The average Bonchev–Trinajstić information content (AvgIpc) is 2.83. The van der Waals surface area contributed by atoms with Crippen LogP contribution in [-0.2, 0) is 0 Å². The number of rotatable bonds is 3. The monoisotopic (exact) mass is 267 g/mol. The lowest BCUT2D eigenvalue weighted by molar-refractivity contribution is 0.244. The predicted molar refractivity (Wildman–Crippen MR) is 73.2 cm³/mol. The number of nitriles is 2. The van der Waals surface area contributed by atoms with Gasteiger partial charge in [-0.05, 0) is 26.0 Å². The van der Waals surface area contributed by atoms with Gasteiger partial charge in [0.2, 0.25) is 0 Å². The van der Waals surface area contributed by atoms with Crippen LogP contribution in [0.4, 0.5) is 5.69 Å². The number of nitrogens with two attached hydrogens (primary N) is 1. The zero-order valence-electron chi connectivity index (χ0n) is 11.2. The zero-order chi connectivity index (χ0) is 14.7. The molecule has 2 aromatic rings. The first-order valence-corrected chi connectivity index (χ1v) is 6.01. The van der Waals surface area contributed by atoms with Crippen LogP contribution in [0.5, 0.6) is 5.75 Å². The SMILES string of the molecule is CC(C)Oc1cc(-n2cnc(C#N)c2C#N)ccc1N. The number of hydrogen-bond acceptors (Lipinski definition) is 5. The van der Waals surface area contributed by atoms with Crippen molar-refractivity contribution in [3.8, 4) is 23.6 Å². The average molecular weight is 267 g/mol. The van der Waals surface area contributed by atoms with E-state index in [0.717, 1.165) is 0 Å². The number of imidazole rings is 1. The largest absolute Gasteiger partial charge is 0.489 e. The maximum absolute atomic E-state index is 9.13. The van der Waals surface area contributed by atoms with E-state index in [1.165, 1.54) is 10.9 Å². The van der Waals surface area contributed by atoms with Gasteiger partial charge in [-0.25, -0.2) is 4.98 Å². The van der Waals surface area contributed by atoms with Gasteiger partial charge in [-0.1, -0.05) is 0 Å². The van der Waals surface area contributed by atoms with E-state index in [4.69, 9.17) is 21.0 Å². The summed E-state index contributed by atoms with van der Waals surface area (Å²) in [5.74, 6) is 0.536. The van der Waals surface area contributed by atoms with Crippen molar-refractivity contribution in [1.29, 1.82) is 10.5 Å². The van der Waals surface area contributed by atoms with Crippen LogP contribution >= 0.6 is 0 Å². The van der Waals surface area contributed by atoms with Crippen LogP contribution in [0.25, 0.3) is 5.69 Å². The topological polar surface area (TPSA) is 101 Å². The van der Waals surface area contributed by atoms with Gasteiger partial charge in [0, 0.05) is 6.07 Å². The molecule has 2 rings (SSSR count). The summed E-state index contributed by atoms with van der Waals surface area (Å²) in [6.07, 6.45) is 1.42. The molecule has 6 heteroatoms. The van der Waals surface area contributed by atoms with Crippen LogP contribution in [0.2, 0.25) is 0 Å². The standard InChI is InChI=1S/C14H13N5O/c1-9(2)20-14-5-10(3-4-11(14)17)19-8-18-12(6-15)13(19)7-16/h3-5,8-9H,17H2,1-2H3. The van der Waals surface area contributed by atoms with Crippen LogP contribution in [0, 0.1) is 22.7 Å². The molecule has 0 saturated carbocycles. The number of hydrogen-bond donors (Lipinski definition) is 1. The molecule has 1 aromatic heterocycles. The summed E-state index contributed by atoms with van der Waals surface area (Å²) in [5, 5.41) is 18.0. The molecule has 20 heavy (non-hydrogen) atoms. The lowest BCUT2D eigenvalue weighted by Crippen LogP contribution is -2.08. The van der Waals surface area contributed by atoms with Gasteiger partial charge in [-0.2, -0.15) is 10.5 Å². The number of ether oxygens (including phenoxy) is 1. The van der Waals surface area contributed by atoms with E-state index in [2.05, 4.69) is 4.98 Å². The molecule has 0 fully saturated rings. The van der Waals surface area contributed by atoms with Crippen molar-refractivity contribution in [3.05, 3.63) is 35.9 Å². The fraction of sp³-hybridized carbons (Fsp3) is 0.214. The summed E-state index contributed by atoms with van der Waals surface area (Å²) in [5.41, 5.74) is 7.31. The van der Waals surface area contributed by atoms with Gasteiger partial charge in [-0.15, -0.1) is 0 Å². The molecule has 0 bridgehead atoms. The first kappa shape index (κ1) is 13.4. The number of nitrogen functional groups attached to an aromatic ring is 1. The van der Waals surface area contributed by atoms with Crippen molar-refractivity contribution in [2.24, 2.45) is 0 Å². The molecular formula is C14H13N5O. The van der Waals surface area contributed by atoms with Gasteiger partial charge in [0.05, 0.1) is 17.5 Å². The third-order valence-corrected chi connectivity index (χ3v) is 2.62. The highest BCUT2D eigenvalue weighted by molar-refractivity contribution is 5.58. The van der Waals surface area contributed by atoms with Crippen molar-refractivity contribution in [2.45, 2.75) is 20.0 Å². The second kappa shape index (κ2) is 5.33. The maximum atomic E-state index is 9.13. The van der Waals surface area contributed by atoms with Crippen LogP contribution in [0.3, 0.4) is 0 Å². The minimum absolute atomic E-state index is 0.0135. The Hall–Kier alpha value is -2.99. The first-order chi connectivity index (χ1) is 9.56. The highest BCUT2D eigenvalue weighted by Crippen LogP contribution is 2.26. The Kier molecular flexibility index (Phi) is 3.58. The molecule has 0 aliphatic carbocycles. The molecule has 1 heterocycles. The number of benzene rings is 1. The molecule has 0 amide bonds. The molecule has 6 nitrogen and oxygen atoms in total. The Bertz CT molecular complexity index is 718. The minimum Gasteiger partial charge on any atom is -0.489 e. The highest BCUT2D eigenvalue weighted by Gasteiger charge is 2.13. The molecular weight excluding hydrogens is 254 g/mol. The summed E-state index contributed by atoms with van der Waals surface area (Å²) in [7, 11) is 0. The van der Waals surface area contributed by atoms with Gasteiger partial charge < -0.3 is 10.5 Å². The molecule has 100 valence electrons. The third kappa shape index (κ3) is 2.40. The maximum Gasteiger partial charge on any atom is 0.177 e. The van der Waals surface area contributed by atoms with Crippen molar-refractivity contribution in [1.82, 2.24) is 9.55 Å². The Labute approximate surface area is 116 Å². The Balaban J connectivity index is 2.52. The molecule has 0 atom stereocenters. The van der Waals surface area contributed by atoms with Crippen LogP contribution < -0.4 is 10.5 Å². The van der Waals surface area contributed by atoms with Crippen LogP contribution in [0.15, 0.2) is 24.5 Å². The normalized spacial score (nSPS) is 10.1. The summed E-state index contributed by atoms with van der Waals surface area (Å²) in [6, 6.07) is 9.02. The van der Waals surface area contributed by atoms with Gasteiger partial charge in [0.25, 0.3) is 0 Å². The van der Waals surface area contributed by atoms with Crippen LogP contribution in [-0.4, -0.2) is 15.7 Å². The van der Waals surface area contributed by atoms with Gasteiger partial charge in [0.15, 0.2) is 11.4 Å². The third-order valence-electron chi connectivity index (χ3n) is 2.62. The van der Waals surface area contributed by atoms with Crippen molar-refractivity contribution in [3.63, 3.8) is 0 Å². The molecule has 0 aliphatic heterocycles. The van der Waals surface area contributed by atoms with Crippen molar-refractivity contribution in [2.75, 3.05) is 5.73 Å². The molecule has 0 unspecified atom stereocenters. The smallest absolute Gasteiger partial charge is 0.177 e. The van der Waals surface area contributed by atoms with E-state index in [1.807, 2.05) is 26.0 Å². The zero-order valence-corrected chi connectivity index (χ0v) is 11.2. The first-order valence-electron chi connectivity index (χ1n) is 6.01. The van der Waals surface area contributed by atoms with E-state index < -0.39 is 0 Å². The Morgan fingerprint density at radius 2 is 2.05 bits per heavy atom. The molecule has 0 saturated heterocycles. The van der Waals surface area contributed by atoms with E-state index >= 15 is 0 Å². The number of aromatic nitrogens is 2. The summed E-state index contributed by atoms with van der Waals surface area (Å²) in [4.78, 5) is 3.90. The minimum atomic E-state index is -0.0135. The Morgan fingerprint density at radius 3 is 2.65 bits per heavy atom. The lowest BCUT2D eigenvalue weighted by atomic mass is 10.2. The number of nitrogens with zero attached hydrogens (tertiary/aromatic N) is 4. The fourth-order valence-corrected chi connectivity index (χ4v) is 1.76. The summed E-state index contributed by atoms with van der Waals surface area (Å²) < 4.78 is 7.14. The van der Waals surface area contributed by atoms with E-state index in [-0.39, 0.29) is 17.5 Å². The molecule has 0 spiro atoms. The van der Waals surface area contributed by atoms with Gasteiger partial charge in [-0.3, -0.25) is 4.57 Å². The number of anilines is 1. The van der Waals surface area contributed by atoms with Crippen molar-refractivity contribution >= 4 is 5.69 Å². The quantitative estimate of drug-likeness (QED) is 0.857. The predicted octanol–water partition coefficient (Wildman–Crippen LogP) is 1.99. The van der Waals surface area contributed by atoms with Gasteiger partial charge in [0.1, 0.15) is 24.2 Å².